The Labute approximate surface area is 207 Å². The van der Waals surface area contributed by atoms with E-state index in [-0.39, 0.29) is 17.7 Å². The van der Waals surface area contributed by atoms with E-state index in [4.69, 9.17) is 11.6 Å². The molecule has 0 spiro atoms. The van der Waals surface area contributed by atoms with Gasteiger partial charge in [-0.2, -0.15) is 5.10 Å². The zero-order valence-corrected chi connectivity index (χ0v) is 21.3. The Bertz CT molecular complexity index is 1040. The maximum atomic E-state index is 13.5. The van der Waals surface area contributed by atoms with Crippen molar-refractivity contribution in [2.45, 2.75) is 64.0 Å². The molecule has 2 aliphatic rings. The first-order chi connectivity index (χ1) is 16.2. The molecule has 0 bridgehead atoms. The van der Waals surface area contributed by atoms with Crippen LogP contribution in [0.1, 0.15) is 50.5 Å². The molecule has 2 heterocycles. The van der Waals surface area contributed by atoms with Gasteiger partial charge in [-0.15, -0.1) is 0 Å². The van der Waals surface area contributed by atoms with E-state index in [0.29, 0.717) is 24.0 Å². The number of aromatic nitrogens is 3. The van der Waals surface area contributed by atoms with Gasteiger partial charge >= 0.3 is 0 Å². The molecule has 1 aliphatic carbocycles. The van der Waals surface area contributed by atoms with Crippen molar-refractivity contribution in [2.24, 2.45) is 11.3 Å². The standard InChI is InChI=1S/C24H34ClN5O3S/c1-34(32,33)28-22(15-19-7-9-21(25)10-8-19)23(31)29-13-11-24(12-14-29,16-30-18-26-17-27-30)20-5-3-2-4-6-20/h7-10,17-18,20,22,28H,2-6,11-16H2,1H3. The molecule has 186 valence electrons. The van der Waals surface area contributed by atoms with Gasteiger partial charge in [0.1, 0.15) is 18.7 Å². The molecule has 8 nitrogen and oxygen atoms in total. The molecule has 10 heteroatoms. The van der Waals surface area contributed by atoms with Crippen LogP contribution in [0.3, 0.4) is 0 Å². The minimum absolute atomic E-state index is 0.0842. The molecular formula is C24H34ClN5O3S. The smallest absolute Gasteiger partial charge is 0.241 e. The molecule has 1 amide bonds. The van der Waals surface area contributed by atoms with E-state index in [1.54, 1.807) is 24.8 Å². The second-order valence-corrected chi connectivity index (χ2v) is 12.1. The largest absolute Gasteiger partial charge is 0.341 e. The minimum Gasteiger partial charge on any atom is -0.341 e. The van der Waals surface area contributed by atoms with Gasteiger partial charge in [-0.05, 0) is 61.1 Å². The fraction of sp³-hybridized carbons (Fsp3) is 0.625. The maximum absolute atomic E-state index is 13.5. The van der Waals surface area contributed by atoms with Crippen molar-refractivity contribution in [3.8, 4) is 0 Å². The second kappa shape index (κ2) is 10.7. The van der Waals surface area contributed by atoms with Crippen LogP contribution in [0.5, 0.6) is 0 Å². The lowest BCUT2D eigenvalue weighted by Crippen LogP contribution is -2.54. The van der Waals surface area contributed by atoms with Gasteiger partial charge in [0.2, 0.25) is 15.9 Å². The van der Waals surface area contributed by atoms with Gasteiger partial charge in [0.15, 0.2) is 0 Å². The van der Waals surface area contributed by atoms with Gasteiger partial charge in [-0.3, -0.25) is 9.48 Å². The lowest BCUT2D eigenvalue weighted by molar-refractivity contribution is -0.136. The zero-order chi connectivity index (χ0) is 24.2. The van der Waals surface area contributed by atoms with E-state index < -0.39 is 16.1 Å². The number of benzene rings is 1. The molecule has 2 aromatic rings. The summed E-state index contributed by atoms with van der Waals surface area (Å²) in [6.07, 6.45) is 12.8. The van der Waals surface area contributed by atoms with Crippen molar-refractivity contribution in [3.63, 3.8) is 0 Å². The Kier molecular flexibility index (Phi) is 7.94. The van der Waals surface area contributed by atoms with Crippen molar-refractivity contribution in [1.29, 1.82) is 0 Å². The molecule has 1 N–H and O–H groups in total. The predicted molar refractivity (Wildman–Crippen MR) is 132 cm³/mol. The van der Waals surface area contributed by atoms with Crippen LogP contribution in [0, 0.1) is 11.3 Å². The summed E-state index contributed by atoms with van der Waals surface area (Å²) in [5, 5.41) is 4.97. The van der Waals surface area contributed by atoms with Crippen LogP contribution in [-0.4, -0.2) is 59.4 Å². The molecular weight excluding hydrogens is 474 g/mol. The fourth-order valence-electron chi connectivity index (χ4n) is 5.73. The summed E-state index contributed by atoms with van der Waals surface area (Å²) in [7, 11) is -3.55. The highest BCUT2D eigenvalue weighted by Crippen LogP contribution is 2.47. The van der Waals surface area contributed by atoms with Gasteiger partial charge in [-0.1, -0.05) is 43.0 Å². The SMILES string of the molecule is CS(=O)(=O)NC(Cc1ccc(Cl)cc1)C(=O)N1CCC(Cn2cncn2)(C2CCCCC2)CC1. The normalized spacial score (nSPS) is 20.2. The summed E-state index contributed by atoms with van der Waals surface area (Å²) in [6.45, 7) is 2.05. The summed E-state index contributed by atoms with van der Waals surface area (Å²) >= 11 is 5.98. The van der Waals surface area contributed by atoms with Crippen LogP contribution >= 0.6 is 11.6 Å². The average Bonchev–Trinajstić information content (AvgIpc) is 3.33. The molecule has 1 atom stereocenters. The fourth-order valence-corrected chi connectivity index (χ4v) is 6.56. The van der Waals surface area contributed by atoms with Crippen LogP contribution in [0.2, 0.25) is 5.02 Å². The number of carbonyl (C=O) groups excluding carboxylic acids is 1. The van der Waals surface area contributed by atoms with E-state index in [1.165, 1.54) is 32.1 Å². The number of halogens is 1. The third-order valence-corrected chi connectivity index (χ3v) is 8.46. The summed E-state index contributed by atoms with van der Waals surface area (Å²) in [5.74, 6) is 0.445. The number of sulfonamides is 1. The molecule has 1 aromatic carbocycles. The summed E-state index contributed by atoms with van der Waals surface area (Å²) in [6, 6.07) is 6.32. The first kappa shape index (κ1) is 25.1. The Balaban J connectivity index is 1.48. The highest BCUT2D eigenvalue weighted by Gasteiger charge is 2.43. The maximum Gasteiger partial charge on any atom is 0.241 e. The van der Waals surface area contributed by atoms with Gasteiger partial charge in [-0.25, -0.2) is 18.1 Å². The first-order valence-corrected chi connectivity index (χ1v) is 14.3. The van der Waals surface area contributed by atoms with Gasteiger partial charge in [0, 0.05) is 24.7 Å². The second-order valence-electron chi connectivity index (χ2n) is 9.89. The number of rotatable bonds is 8. The number of nitrogens with one attached hydrogen (secondary N) is 1. The molecule has 0 radical (unpaired) electrons. The molecule has 34 heavy (non-hydrogen) atoms. The molecule has 1 aromatic heterocycles. The Morgan fingerprint density at radius 1 is 1.18 bits per heavy atom. The molecule has 1 unspecified atom stereocenters. The third kappa shape index (κ3) is 6.37. The van der Waals surface area contributed by atoms with E-state index >= 15 is 0 Å². The van der Waals surface area contributed by atoms with Crippen LogP contribution < -0.4 is 4.72 Å². The summed E-state index contributed by atoms with van der Waals surface area (Å²) < 4.78 is 28.6. The van der Waals surface area contributed by atoms with Gasteiger partial charge < -0.3 is 4.90 Å². The average molecular weight is 508 g/mol. The lowest BCUT2D eigenvalue weighted by atomic mass is 9.63. The van der Waals surface area contributed by atoms with E-state index in [9.17, 15) is 13.2 Å². The lowest BCUT2D eigenvalue weighted by Gasteiger charge is -2.48. The van der Waals surface area contributed by atoms with Crippen molar-refractivity contribution in [3.05, 3.63) is 47.5 Å². The zero-order valence-electron chi connectivity index (χ0n) is 19.7. The highest BCUT2D eigenvalue weighted by molar-refractivity contribution is 7.88. The minimum atomic E-state index is -3.55. The first-order valence-electron chi connectivity index (χ1n) is 12.1. The molecule has 1 aliphatic heterocycles. The van der Waals surface area contributed by atoms with E-state index in [1.807, 2.05) is 21.7 Å². The quantitative estimate of drug-likeness (QED) is 0.591. The van der Waals surface area contributed by atoms with Crippen molar-refractivity contribution in [2.75, 3.05) is 19.3 Å². The number of hydrogen-bond acceptors (Lipinski definition) is 5. The number of likely N-dealkylation sites (tertiary alicyclic amines) is 1. The van der Waals surface area contributed by atoms with E-state index in [0.717, 1.165) is 31.2 Å². The Morgan fingerprint density at radius 3 is 2.44 bits per heavy atom. The molecule has 1 saturated carbocycles. The predicted octanol–water partition coefficient (Wildman–Crippen LogP) is 3.28. The van der Waals surface area contributed by atoms with Gasteiger partial charge in [0.25, 0.3) is 0 Å². The molecule has 4 rings (SSSR count). The van der Waals surface area contributed by atoms with Crippen LogP contribution in [0.25, 0.3) is 0 Å². The summed E-state index contributed by atoms with van der Waals surface area (Å²) in [4.78, 5) is 19.5. The monoisotopic (exact) mass is 507 g/mol. The van der Waals surface area contributed by atoms with Crippen LogP contribution in [0.15, 0.2) is 36.9 Å². The number of hydrogen-bond donors (Lipinski definition) is 1. The Morgan fingerprint density at radius 2 is 1.85 bits per heavy atom. The number of amides is 1. The number of carbonyl (C=O) groups is 1. The van der Waals surface area contributed by atoms with Gasteiger partial charge in [0.05, 0.1) is 6.26 Å². The summed E-state index contributed by atoms with van der Waals surface area (Å²) in [5.41, 5.74) is 0.944. The topological polar surface area (TPSA) is 97.2 Å². The van der Waals surface area contributed by atoms with Crippen molar-refractivity contribution >= 4 is 27.5 Å². The third-order valence-electron chi connectivity index (χ3n) is 7.49. The van der Waals surface area contributed by atoms with E-state index in [2.05, 4.69) is 14.8 Å². The number of piperidine rings is 1. The Hall–Kier alpha value is -1.97. The highest BCUT2D eigenvalue weighted by atomic mass is 35.5. The van der Waals surface area contributed by atoms with Crippen LogP contribution in [-0.2, 0) is 27.8 Å². The molecule has 2 fully saturated rings. The molecule has 1 saturated heterocycles. The van der Waals surface area contributed by atoms with Crippen molar-refractivity contribution < 1.29 is 13.2 Å². The van der Waals surface area contributed by atoms with Crippen LogP contribution in [0.4, 0.5) is 0 Å². The number of nitrogens with zero attached hydrogens (tertiary/aromatic N) is 4. The van der Waals surface area contributed by atoms with Crippen molar-refractivity contribution in [1.82, 2.24) is 24.4 Å².